The fourth-order valence-electron chi connectivity index (χ4n) is 3.73. The molecule has 4 heteroatoms. The quantitative estimate of drug-likeness (QED) is 0.356. The molecule has 2 rings (SSSR count). The summed E-state index contributed by atoms with van der Waals surface area (Å²) in [6.07, 6.45) is 4.74. The van der Waals surface area contributed by atoms with Crippen LogP contribution in [0.2, 0.25) is 0 Å². The normalized spacial score (nSPS) is 12.1. The van der Waals surface area contributed by atoms with Crippen molar-refractivity contribution in [2.45, 2.75) is 65.6 Å². The highest BCUT2D eigenvalue weighted by Gasteiger charge is 2.22. The number of hydrogen-bond donors (Lipinski definition) is 0. The first-order valence-corrected chi connectivity index (χ1v) is 11.8. The van der Waals surface area contributed by atoms with E-state index in [1.807, 2.05) is 0 Å². The van der Waals surface area contributed by atoms with Crippen LogP contribution in [0.15, 0.2) is 42.5 Å². The average Bonchev–Trinajstić information content (AvgIpc) is 2.77. The first kappa shape index (κ1) is 25.1. The lowest BCUT2D eigenvalue weighted by Gasteiger charge is -2.28. The predicted octanol–water partition coefficient (Wildman–Crippen LogP) is 6.68. The molecule has 4 nitrogen and oxygen atoms in total. The Morgan fingerprint density at radius 2 is 1.42 bits per heavy atom. The topological polar surface area (TPSA) is 24.9 Å². The number of methoxy groups -OCH3 is 1. The molecule has 0 saturated carbocycles. The Bertz CT molecular complexity index is 763. The molecule has 0 spiro atoms. The Balaban J connectivity index is 2.41. The van der Waals surface area contributed by atoms with E-state index in [4.69, 9.17) is 9.47 Å². The van der Waals surface area contributed by atoms with Crippen LogP contribution in [-0.4, -0.2) is 40.4 Å². The van der Waals surface area contributed by atoms with Crippen molar-refractivity contribution in [1.29, 1.82) is 0 Å². The zero-order valence-electron chi connectivity index (χ0n) is 20.6. The molecule has 31 heavy (non-hydrogen) atoms. The Hall–Kier alpha value is -2.20. The SMILES string of the molecule is CCCCN(CCCC)c1ccc(C(OC(C)C)c2ccc(N(C)C)cc2)c(OC)c1. The van der Waals surface area contributed by atoms with E-state index in [0.29, 0.717) is 0 Å². The molecular formula is C27H42N2O2. The zero-order chi connectivity index (χ0) is 22.8. The van der Waals surface area contributed by atoms with Crippen molar-refractivity contribution >= 4 is 11.4 Å². The van der Waals surface area contributed by atoms with E-state index in [1.165, 1.54) is 37.1 Å². The van der Waals surface area contributed by atoms with Crippen molar-refractivity contribution in [3.8, 4) is 5.75 Å². The number of anilines is 2. The molecule has 0 N–H and O–H groups in total. The average molecular weight is 427 g/mol. The van der Waals surface area contributed by atoms with Crippen molar-refractivity contribution in [3.05, 3.63) is 53.6 Å². The van der Waals surface area contributed by atoms with E-state index >= 15 is 0 Å². The van der Waals surface area contributed by atoms with Crippen LogP contribution in [0.5, 0.6) is 5.75 Å². The van der Waals surface area contributed by atoms with Gasteiger partial charge < -0.3 is 19.3 Å². The lowest BCUT2D eigenvalue weighted by molar-refractivity contribution is 0.0292. The van der Waals surface area contributed by atoms with E-state index in [1.54, 1.807) is 7.11 Å². The highest BCUT2D eigenvalue weighted by molar-refractivity contribution is 5.56. The number of hydrogen-bond acceptors (Lipinski definition) is 4. The maximum Gasteiger partial charge on any atom is 0.127 e. The van der Waals surface area contributed by atoms with Crippen LogP contribution in [-0.2, 0) is 4.74 Å². The number of benzene rings is 2. The molecule has 0 aliphatic carbocycles. The molecule has 0 aliphatic rings. The summed E-state index contributed by atoms with van der Waals surface area (Å²) in [5.41, 5.74) is 4.62. The maximum atomic E-state index is 6.39. The van der Waals surface area contributed by atoms with Gasteiger partial charge in [0.05, 0.1) is 13.2 Å². The molecule has 0 aliphatic heterocycles. The second kappa shape index (κ2) is 12.6. The van der Waals surface area contributed by atoms with Gasteiger partial charge in [-0.15, -0.1) is 0 Å². The second-order valence-corrected chi connectivity index (χ2v) is 8.67. The molecule has 1 atom stereocenters. The largest absolute Gasteiger partial charge is 0.496 e. The van der Waals surface area contributed by atoms with E-state index in [-0.39, 0.29) is 12.2 Å². The molecule has 1 unspecified atom stereocenters. The van der Waals surface area contributed by atoms with E-state index in [2.05, 4.69) is 94.1 Å². The van der Waals surface area contributed by atoms with Crippen LogP contribution in [0.4, 0.5) is 11.4 Å². The van der Waals surface area contributed by atoms with Crippen LogP contribution in [0.1, 0.15) is 70.6 Å². The van der Waals surface area contributed by atoms with E-state index in [9.17, 15) is 0 Å². The van der Waals surface area contributed by atoms with Crippen molar-refractivity contribution in [1.82, 2.24) is 0 Å². The van der Waals surface area contributed by atoms with Gasteiger partial charge in [0.15, 0.2) is 0 Å². The smallest absolute Gasteiger partial charge is 0.127 e. The summed E-state index contributed by atoms with van der Waals surface area (Å²) in [5, 5.41) is 0. The molecule has 2 aromatic rings. The van der Waals surface area contributed by atoms with Crippen LogP contribution in [0.25, 0.3) is 0 Å². The molecule has 2 aromatic carbocycles. The van der Waals surface area contributed by atoms with Crippen LogP contribution >= 0.6 is 0 Å². The molecule has 0 saturated heterocycles. The van der Waals surface area contributed by atoms with Crippen molar-refractivity contribution in [2.24, 2.45) is 0 Å². The highest BCUT2D eigenvalue weighted by atomic mass is 16.5. The monoisotopic (exact) mass is 426 g/mol. The Morgan fingerprint density at radius 3 is 1.90 bits per heavy atom. The number of rotatable bonds is 13. The molecule has 0 bridgehead atoms. The third-order valence-corrected chi connectivity index (χ3v) is 5.55. The van der Waals surface area contributed by atoms with Crippen molar-refractivity contribution < 1.29 is 9.47 Å². The minimum Gasteiger partial charge on any atom is -0.496 e. The maximum absolute atomic E-state index is 6.39. The van der Waals surface area contributed by atoms with Gasteiger partial charge in [0, 0.05) is 50.2 Å². The zero-order valence-corrected chi connectivity index (χ0v) is 20.6. The molecule has 0 aromatic heterocycles. The first-order chi connectivity index (χ1) is 14.9. The highest BCUT2D eigenvalue weighted by Crippen LogP contribution is 2.37. The van der Waals surface area contributed by atoms with Gasteiger partial charge in [0.25, 0.3) is 0 Å². The van der Waals surface area contributed by atoms with Crippen LogP contribution in [0.3, 0.4) is 0 Å². The molecule has 0 amide bonds. The second-order valence-electron chi connectivity index (χ2n) is 8.67. The van der Waals surface area contributed by atoms with Gasteiger partial charge in [0.2, 0.25) is 0 Å². The summed E-state index contributed by atoms with van der Waals surface area (Å²) in [7, 11) is 5.87. The molecule has 0 fully saturated rings. The Labute approximate surface area is 190 Å². The Morgan fingerprint density at radius 1 is 0.839 bits per heavy atom. The third-order valence-electron chi connectivity index (χ3n) is 5.55. The first-order valence-electron chi connectivity index (χ1n) is 11.8. The van der Waals surface area contributed by atoms with Gasteiger partial charge in [-0.25, -0.2) is 0 Å². The lowest BCUT2D eigenvalue weighted by Crippen LogP contribution is -2.25. The molecule has 0 heterocycles. The summed E-state index contributed by atoms with van der Waals surface area (Å²) in [6.45, 7) is 10.8. The van der Waals surface area contributed by atoms with Crippen molar-refractivity contribution in [3.63, 3.8) is 0 Å². The van der Waals surface area contributed by atoms with Gasteiger partial charge in [-0.2, -0.15) is 0 Å². The molecule has 172 valence electrons. The summed E-state index contributed by atoms with van der Waals surface area (Å²) < 4.78 is 12.3. The van der Waals surface area contributed by atoms with Crippen LogP contribution < -0.4 is 14.5 Å². The van der Waals surface area contributed by atoms with Gasteiger partial charge in [-0.05, 0) is 50.5 Å². The van der Waals surface area contributed by atoms with Gasteiger partial charge >= 0.3 is 0 Å². The number of nitrogens with zero attached hydrogens (tertiary/aromatic N) is 2. The summed E-state index contributed by atoms with van der Waals surface area (Å²) in [4.78, 5) is 4.60. The van der Waals surface area contributed by atoms with Gasteiger partial charge in [0.1, 0.15) is 11.9 Å². The number of unbranched alkanes of at least 4 members (excludes halogenated alkanes) is 2. The van der Waals surface area contributed by atoms with Crippen molar-refractivity contribution in [2.75, 3.05) is 44.1 Å². The minimum atomic E-state index is -0.167. The lowest BCUT2D eigenvalue weighted by atomic mass is 9.99. The van der Waals surface area contributed by atoms with Gasteiger partial charge in [-0.3, -0.25) is 0 Å². The number of ether oxygens (including phenoxy) is 2. The van der Waals surface area contributed by atoms with E-state index in [0.717, 1.165) is 30.0 Å². The Kier molecular flexibility index (Phi) is 10.2. The fraction of sp³-hybridized carbons (Fsp3) is 0.556. The molecular weight excluding hydrogens is 384 g/mol. The third kappa shape index (κ3) is 7.17. The summed E-state index contributed by atoms with van der Waals surface area (Å²) >= 11 is 0. The summed E-state index contributed by atoms with van der Waals surface area (Å²) in [5.74, 6) is 0.887. The summed E-state index contributed by atoms with van der Waals surface area (Å²) in [6, 6.07) is 15.2. The standard InChI is InChI=1S/C27H42N2O2/c1-8-10-18-29(19-11-9-2)24-16-17-25(26(20-24)30-7)27(31-21(3)4)22-12-14-23(15-13-22)28(5)6/h12-17,20-21,27H,8-11,18-19H2,1-7H3. The minimum absolute atomic E-state index is 0.105. The van der Waals surface area contributed by atoms with Crippen LogP contribution in [0, 0.1) is 0 Å². The predicted molar refractivity (Wildman–Crippen MR) is 134 cm³/mol. The van der Waals surface area contributed by atoms with Gasteiger partial charge in [-0.1, -0.05) is 44.9 Å². The van der Waals surface area contributed by atoms with E-state index < -0.39 is 0 Å². The molecule has 0 radical (unpaired) electrons. The fourth-order valence-corrected chi connectivity index (χ4v) is 3.73.